The fraction of sp³-hybridized carbons (Fsp3) is 0.684. The Morgan fingerprint density at radius 1 is 1.22 bits per heavy atom. The highest BCUT2D eigenvalue weighted by atomic mass is 19.1. The van der Waals surface area contributed by atoms with Crippen LogP contribution in [0.2, 0.25) is 0 Å². The molecule has 0 bridgehead atoms. The lowest BCUT2D eigenvalue weighted by molar-refractivity contribution is -0.0673. The molecule has 0 saturated carbocycles. The second kappa shape index (κ2) is 9.43. The summed E-state index contributed by atoms with van der Waals surface area (Å²) < 4.78 is 34.5. The van der Waals surface area contributed by atoms with Gasteiger partial charge in [0.15, 0.2) is 12.0 Å². The van der Waals surface area contributed by atoms with E-state index in [1.807, 2.05) is 0 Å². The Kier molecular flexibility index (Phi) is 6.98. The topological polar surface area (TPSA) is 83.9 Å². The van der Waals surface area contributed by atoms with Crippen molar-refractivity contribution in [2.24, 2.45) is 0 Å². The minimum absolute atomic E-state index is 0.314. The van der Waals surface area contributed by atoms with Crippen molar-refractivity contribution in [3.63, 3.8) is 0 Å². The normalized spacial score (nSPS) is 25.4. The maximum Gasteiger partial charge on any atom is 0.160 e. The van der Waals surface area contributed by atoms with Crippen LogP contribution in [0.25, 0.3) is 5.52 Å². The standard InChI is InChI=1S/C19H29FN4O3/c1-3-5-9-25-11-15-18(26-10-6-4-2)16(20)17(27-15)13-7-8-14-19(21)22-12-23-24(13)14/h7-8,12,15-18H,3-6,9-11H2,1-2H3,(H2,21,22,23)/t15-,16+,17?,18-/m1/s1. The first kappa shape index (κ1) is 20.0. The zero-order chi connectivity index (χ0) is 19.2. The number of hydrogen-bond donors (Lipinski definition) is 1. The van der Waals surface area contributed by atoms with Crippen molar-refractivity contribution in [1.29, 1.82) is 0 Å². The van der Waals surface area contributed by atoms with Gasteiger partial charge in [0.2, 0.25) is 0 Å². The maximum absolute atomic E-state index is 15.3. The molecule has 0 spiro atoms. The molecule has 8 heteroatoms. The summed E-state index contributed by atoms with van der Waals surface area (Å²) in [5.41, 5.74) is 7.12. The molecule has 150 valence electrons. The van der Waals surface area contributed by atoms with Crippen molar-refractivity contribution in [3.8, 4) is 0 Å². The number of unbranched alkanes of at least 4 members (excludes halogenated alkanes) is 2. The van der Waals surface area contributed by atoms with Crippen molar-refractivity contribution >= 4 is 11.3 Å². The van der Waals surface area contributed by atoms with Crippen molar-refractivity contribution in [3.05, 3.63) is 24.2 Å². The second-order valence-electron chi connectivity index (χ2n) is 6.86. The summed E-state index contributed by atoms with van der Waals surface area (Å²) in [6.45, 7) is 5.64. The fourth-order valence-corrected chi connectivity index (χ4v) is 3.28. The number of anilines is 1. The minimum atomic E-state index is -1.31. The summed E-state index contributed by atoms with van der Waals surface area (Å²) in [4.78, 5) is 3.97. The first-order valence-electron chi connectivity index (χ1n) is 9.74. The predicted molar refractivity (Wildman–Crippen MR) is 100 cm³/mol. The van der Waals surface area contributed by atoms with Crippen LogP contribution < -0.4 is 5.73 Å². The van der Waals surface area contributed by atoms with Crippen molar-refractivity contribution in [1.82, 2.24) is 14.6 Å². The van der Waals surface area contributed by atoms with Crippen LogP contribution in [0.5, 0.6) is 0 Å². The number of ether oxygens (including phenoxy) is 3. The molecule has 27 heavy (non-hydrogen) atoms. The van der Waals surface area contributed by atoms with E-state index < -0.39 is 24.5 Å². The molecule has 3 rings (SSSR count). The average Bonchev–Trinajstić information content (AvgIpc) is 3.22. The van der Waals surface area contributed by atoms with Gasteiger partial charge in [-0.25, -0.2) is 13.9 Å². The molecule has 1 aliphatic rings. The minimum Gasteiger partial charge on any atom is -0.382 e. The summed E-state index contributed by atoms with van der Waals surface area (Å²) in [7, 11) is 0. The zero-order valence-electron chi connectivity index (χ0n) is 16.0. The van der Waals surface area contributed by atoms with Crippen molar-refractivity contribution in [2.45, 2.75) is 64.0 Å². The van der Waals surface area contributed by atoms with Crippen LogP contribution in [0.4, 0.5) is 10.2 Å². The third-order valence-electron chi connectivity index (χ3n) is 4.83. The number of nitrogens with zero attached hydrogens (tertiary/aromatic N) is 3. The first-order valence-corrected chi connectivity index (χ1v) is 9.74. The number of nitrogen functional groups attached to an aromatic ring is 1. The number of fused-ring (bicyclic) bond motifs is 1. The first-order chi connectivity index (χ1) is 13.2. The van der Waals surface area contributed by atoms with Gasteiger partial charge < -0.3 is 19.9 Å². The monoisotopic (exact) mass is 380 g/mol. The van der Waals surface area contributed by atoms with Crippen LogP contribution in [-0.4, -0.2) is 52.8 Å². The second-order valence-corrected chi connectivity index (χ2v) is 6.86. The predicted octanol–water partition coefficient (Wildman–Crippen LogP) is 3.09. The lowest BCUT2D eigenvalue weighted by Crippen LogP contribution is -2.34. The van der Waals surface area contributed by atoms with E-state index in [1.54, 1.807) is 16.6 Å². The highest BCUT2D eigenvalue weighted by molar-refractivity contribution is 5.65. The third kappa shape index (κ3) is 4.39. The van der Waals surface area contributed by atoms with Crippen molar-refractivity contribution < 1.29 is 18.6 Å². The van der Waals surface area contributed by atoms with Gasteiger partial charge in [-0.1, -0.05) is 26.7 Å². The number of nitrogens with two attached hydrogens (primary N) is 1. The van der Waals surface area contributed by atoms with Gasteiger partial charge >= 0.3 is 0 Å². The van der Waals surface area contributed by atoms with Gasteiger partial charge in [0.05, 0.1) is 12.3 Å². The molecule has 1 saturated heterocycles. The van der Waals surface area contributed by atoms with E-state index in [9.17, 15) is 0 Å². The molecule has 4 atom stereocenters. The lowest BCUT2D eigenvalue weighted by atomic mass is 10.1. The van der Waals surface area contributed by atoms with E-state index in [1.165, 1.54) is 6.33 Å². The molecule has 1 aliphatic heterocycles. The number of halogens is 1. The molecule has 2 N–H and O–H groups in total. The molecular weight excluding hydrogens is 351 g/mol. The molecule has 7 nitrogen and oxygen atoms in total. The Bertz CT molecular complexity index is 726. The largest absolute Gasteiger partial charge is 0.382 e. The van der Waals surface area contributed by atoms with E-state index in [4.69, 9.17) is 19.9 Å². The van der Waals surface area contributed by atoms with Crippen LogP contribution in [0.3, 0.4) is 0 Å². The number of alkyl halides is 1. The number of hydrogen-bond acceptors (Lipinski definition) is 6. The molecule has 2 aromatic rings. The van der Waals surface area contributed by atoms with Crippen molar-refractivity contribution in [2.75, 3.05) is 25.6 Å². The molecule has 0 aliphatic carbocycles. The van der Waals surface area contributed by atoms with Gasteiger partial charge in [-0.05, 0) is 25.0 Å². The summed E-state index contributed by atoms with van der Waals surface area (Å²) in [6.07, 6.45) is 2.04. The smallest absolute Gasteiger partial charge is 0.160 e. The highest BCUT2D eigenvalue weighted by Crippen LogP contribution is 2.38. The molecular formula is C19H29FN4O3. The molecule has 0 radical (unpaired) electrons. The number of rotatable bonds is 10. The van der Waals surface area contributed by atoms with Crippen LogP contribution in [0, 0.1) is 0 Å². The molecule has 3 heterocycles. The maximum atomic E-state index is 15.3. The van der Waals surface area contributed by atoms with E-state index >= 15 is 4.39 Å². The molecule has 0 aromatic carbocycles. The molecule has 1 fully saturated rings. The Hall–Kier alpha value is -1.77. The summed E-state index contributed by atoms with van der Waals surface area (Å²) in [5.74, 6) is 0.347. The van der Waals surface area contributed by atoms with Gasteiger partial charge in [0, 0.05) is 13.2 Å². The lowest BCUT2D eigenvalue weighted by Gasteiger charge is -2.20. The fourth-order valence-electron chi connectivity index (χ4n) is 3.28. The van der Waals surface area contributed by atoms with Gasteiger partial charge in [-0.3, -0.25) is 0 Å². The van der Waals surface area contributed by atoms with E-state index in [2.05, 4.69) is 23.9 Å². The Morgan fingerprint density at radius 2 is 2.00 bits per heavy atom. The average molecular weight is 380 g/mol. The quantitative estimate of drug-likeness (QED) is 0.638. The molecule has 2 aromatic heterocycles. The summed E-state index contributed by atoms with van der Waals surface area (Å²) in [6, 6.07) is 3.56. The Labute approximate surface area is 159 Å². The van der Waals surface area contributed by atoms with Gasteiger partial charge in [-0.15, -0.1) is 0 Å². The van der Waals surface area contributed by atoms with Gasteiger partial charge in [0.1, 0.15) is 30.2 Å². The summed E-state index contributed by atoms with van der Waals surface area (Å²) >= 11 is 0. The SMILES string of the molecule is CCCCOC[C@H]1OC(c2ccc3c(N)ncnn23)[C@H](F)[C@@H]1OCCCC. The molecule has 1 unspecified atom stereocenters. The van der Waals surface area contributed by atoms with E-state index in [-0.39, 0.29) is 0 Å². The van der Waals surface area contributed by atoms with Gasteiger partial charge in [-0.2, -0.15) is 5.10 Å². The van der Waals surface area contributed by atoms with Crippen LogP contribution in [0.1, 0.15) is 51.3 Å². The summed E-state index contributed by atoms with van der Waals surface area (Å²) in [5, 5.41) is 4.20. The number of aromatic nitrogens is 3. The van der Waals surface area contributed by atoms with Crippen LogP contribution in [0.15, 0.2) is 18.5 Å². The zero-order valence-corrected chi connectivity index (χ0v) is 16.0. The highest BCUT2D eigenvalue weighted by Gasteiger charge is 2.47. The third-order valence-corrected chi connectivity index (χ3v) is 4.83. The Balaban J connectivity index is 1.77. The van der Waals surface area contributed by atoms with E-state index in [0.717, 1.165) is 25.7 Å². The molecule has 0 amide bonds. The van der Waals surface area contributed by atoms with Crippen LogP contribution in [-0.2, 0) is 14.2 Å². The Morgan fingerprint density at radius 3 is 2.78 bits per heavy atom. The van der Waals surface area contributed by atoms with Gasteiger partial charge in [0.25, 0.3) is 0 Å². The van der Waals surface area contributed by atoms with E-state index in [0.29, 0.717) is 36.8 Å². The van der Waals surface area contributed by atoms with Crippen LogP contribution >= 0.6 is 0 Å².